The summed E-state index contributed by atoms with van der Waals surface area (Å²) in [5.74, 6) is -3.08. The zero-order valence-corrected chi connectivity index (χ0v) is 25.2. The number of benzene rings is 1. The average molecular weight is 674 g/mol. The zero-order valence-electron chi connectivity index (χ0n) is 24.1. The van der Waals surface area contributed by atoms with Gasteiger partial charge in [-0.2, -0.15) is 13.2 Å². The van der Waals surface area contributed by atoms with Gasteiger partial charge < -0.3 is 20.8 Å². The number of carboxylic acids is 2. The summed E-state index contributed by atoms with van der Waals surface area (Å²) in [5, 5.41) is 30.0. The number of aromatic nitrogens is 2. The topological polar surface area (TPSA) is 172 Å². The predicted molar refractivity (Wildman–Crippen MR) is 156 cm³/mol. The van der Waals surface area contributed by atoms with E-state index in [2.05, 4.69) is 15.0 Å². The number of nitrogens with zero attached hydrogens (tertiary/aromatic N) is 5. The van der Waals surface area contributed by atoms with Crippen LogP contribution in [0.4, 0.5) is 18.9 Å². The van der Waals surface area contributed by atoms with Crippen LogP contribution < -0.4 is 0 Å². The van der Waals surface area contributed by atoms with Crippen molar-refractivity contribution in [3.05, 3.63) is 89.5 Å². The first-order chi connectivity index (χ1) is 20.5. The summed E-state index contributed by atoms with van der Waals surface area (Å²) in [6, 6.07) is 12.4. The number of alkyl halides is 3. The van der Waals surface area contributed by atoms with E-state index in [1.807, 2.05) is 21.9 Å². The summed E-state index contributed by atoms with van der Waals surface area (Å²) < 4.78 is 40.3. The molecule has 0 bridgehead atoms. The van der Waals surface area contributed by atoms with Crippen molar-refractivity contribution in [1.29, 1.82) is 0 Å². The monoisotopic (exact) mass is 674 g/mol. The normalized spacial score (nSPS) is 17.0. The Morgan fingerprint density at radius 3 is 1.82 bits per heavy atom. The van der Waals surface area contributed by atoms with Crippen molar-refractivity contribution in [2.24, 2.45) is 4.99 Å². The van der Waals surface area contributed by atoms with Crippen LogP contribution in [0.5, 0.6) is 0 Å². The molecule has 6 N–H and O–H groups in total. The molecular weight excluding hydrogens is 639 g/mol. The molecular formula is C30H35F3FeN5O6+3. The minimum Gasteiger partial charge on any atom is -0.495 e. The molecule has 11 nitrogen and oxygen atoms in total. The van der Waals surface area contributed by atoms with Crippen molar-refractivity contribution in [1.82, 2.24) is 19.8 Å². The molecule has 2 atom stereocenters. The third kappa shape index (κ3) is 10.9. The second-order valence-corrected chi connectivity index (χ2v) is 10.4. The van der Waals surface area contributed by atoms with Gasteiger partial charge in [-0.1, -0.05) is 25.0 Å². The summed E-state index contributed by atoms with van der Waals surface area (Å²) in [6.07, 6.45) is 1.49. The number of rotatable bonds is 12. The van der Waals surface area contributed by atoms with Crippen molar-refractivity contribution < 1.29 is 60.6 Å². The Labute approximate surface area is 268 Å². The van der Waals surface area contributed by atoms with Crippen LogP contribution in [0.15, 0.2) is 72.0 Å². The van der Waals surface area contributed by atoms with Crippen LogP contribution in [0, 0.1) is 0 Å². The fourth-order valence-corrected chi connectivity index (χ4v) is 5.43. The minimum atomic E-state index is -4.81. The van der Waals surface area contributed by atoms with Gasteiger partial charge in [-0.15, -0.1) is 0 Å². The Kier molecular flexibility index (Phi) is 14.1. The number of aliphatic carboxylic acids is 1. The van der Waals surface area contributed by atoms with E-state index in [1.54, 1.807) is 36.7 Å². The number of aliphatic hydroxyl groups excluding tert-OH is 1. The zero-order chi connectivity index (χ0) is 31.0. The number of hydrogen-bond acceptors (Lipinski definition) is 7. The number of aliphatic hydroxyl groups is 1. The molecule has 0 amide bonds. The molecule has 1 aliphatic rings. The number of carboxylic acid groups (broad SMARTS) is 2. The molecule has 1 aliphatic carbocycles. The Hall–Kier alpha value is -3.88. The minimum absolute atomic E-state index is 0. The van der Waals surface area contributed by atoms with Gasteiger partial charge in [-0.05, 0) is 55.3 Å². The van der Waals surface area contributed by atoms with Crippen molar-refractivity contribution >= 4 is 23.5 Å². The van der Waals surface area contributed by atoms with Gasteiger partial charge in [0.2, 0.25) is 5.90 Å². The van der Waals surface area contributed by atoms with E-state index in [0.29, 0.717) is 36.4 Å². The fourth-order valence-electron chi connectivity index (χ4n) is 5.43. The van der Waals surface area contributed by atoms with Gasteiger partial charge in [0, 0.05) is 37.6 Å². The van der Waals surface area contributed by atoms with Crippen LogP contribution in [0.25, 0.3) is 0 Å². The van der Waals surface area contributed by atoms with E-state index in [4.69, 9.17) is 0 Å². The van der Waals surface area contributed by atoms with Gasteiger partial charge >= 0.3 is 35.2 Å². The second kappa shape index (κ2) is 17.0. The smallest absolute Gasteiger partial charge is 0.495 e. The van der Waals surface area contributed by atoms with E-state index in [0.717, 1.165) is 18.9 Å². The predicted octanol–water partition coefficient (Wildman–Crippen LogP) is 4.26. The number of aliphatic imine (C=N–C) groups is 1. The number of carbonyl (C=O) groups is 2. The SMILES string of the molecule is O=C(O)CN(Cc1ccccn1)[C@H]1CCCCC1N(CC(O)=Nc1cc(C(=O)O)cc(C(F)(F)F)c1)Cc1ccccn1.[Fe+2].[OH3+]. The maximum absolute atomic E-state index is 13.4. The first kappa shape index (κ1) is 37.3. The van der Waals surface area contributed by atoms with Gasteiger partial charge in [0.05, 0.1) is 41.3 Å². The van der Waals surface area contributed by atoms with E-state index in [-0.39, 0.29) is 66.5 Å². The number of hydrogen-bond donors (Lipinski definition) is 3. The van der Waals surface area contributed by atoms with Crippen LogP contribution in [0.2, 0.25) is 0 Å². The molecule has 2 aromatic heterocycles. The average Bonchev–Trinajstić information content (AvgIpc) is 2.96. The van der Waals surface area contributed by atoms with Crippen LogP contribution in [0.3, 0.4) is 0 Å². The van der Waals surface area contributed by atoms with Crippen LogP contribution >= 0.6 is 0 Å². The standard InChI is InChI=1S/C30H32F3N5O5.Fe.H2O/c31-30(32,33)21-13-20(29(42)43)14-24(15-21)36-27(39)18-37(16-22-7-3-5-11-34-22)25-9-1-2-10-26(25)38(19-28(40)41)17-23-8-4-6-12-35-23;;/h3-8,11-15,25-26H,1-2,9-10,16-19H2,(H,36,39)(H,40,41)(H,42,43);;1H2/q;+2;/p+1/t25?,26-;;/m0../s1. The maximum Gasteiger partial charge on any atom is 2.00 e. The summed E-state index contributed by atoms with van der Waals surface area (Å²) in [4.78, 5) is 39.8. The van der Waals surface area contributed by atoms with Crippen LogP contribution in [-0.2, 0) is 46.6 Å². The Morgan fingerprint density at radius 1 is 0.844 bits per heavy atom. The van der Waals surface area contributed by atoms with Crippen molar-refractivity contribution in [3.8, 4) is 0 Å². The van der Waals surface area contributed by atoms with E-state index in [9.17, 15) is 38.1 Å². The largest absolute Gasteiger partial charge is 2.00 e. The molecule has 0 aliphatic heterocycles. The second-order valence-electron chi connectivity index (χ2n) is 10.4. The fraction of sp³-hybridized carbons (Fsp3) is 0.367. The Morgan fingerprint density at radius 2 is 1.38 bits per heavy atom. The molecule has 0 saturated heterocycles. The molecule has 3 aromatic rings. The Bertz CT molecular complexity index is 1430. The summed E-state index contributed by atoms with van der Waals surface area (Å²) in [7, 11) is 0. The molecule has 45 heavy (non-hydrogen) atoms. The van der Waals surface area contributed by atoms with Gasteiger partial charge in [-0.3, -0.25) is 24.6 Å². The van der Waals surface area contributed by atoms with Crippen molar-refractivity contribution in [3.63, 3.8) is 0 Å². The first-order valence-corrected chi connectivity index (χ1v) is 13.7. The molecule has 2 heterocycles. The maximum atomic E-state index is 13.4. The molecule has 242 valence electrons. The number of pyridine rings is 2. The van der Waals surface area contributed by atoms with Gasteiger partial charge in [0.1, 0.15) is 0 Å². The summed E-state index contributed by atoms with van der Waals surface area (Å²) >= 11 is 0. The quantitative estimate of drug-likeness (QED) is 0.110. The van der Waals surface area contributed by atoms with E-state index < -0.39 is 35.1 Å². The Balaban J connectivity index is 0.00000353. The van der Waals surface area contributed by atoms with Gasteiger partial charge in [0.25, 0.3) is 0 Å². The van der Waals surface area contributed by atoms with Crippen molar-refractivity contribution in [2.45, 2.75) is 57.0 Å². The third-order valence-electron chi connectivity index (χ3n) is 7.25. The van der Waals surface area contributed by atoms with Crippen molar-refractivity contribution in [2.75, 3.05) is 13.1 Å². The van der Waals surface area contributed by atoms with Gasteiger partial charge in [0.15, 0.2) is 0 Å². The first-order valence-electron chi connectivity index (χ1n) is 13.7. The molecule has 1 aromatic carbocycles. The number of halogens is 3. The van der Waals surface area contributed by atoms with E-state index in [1.165, 1.54) is 0 Å². The molecule has 0 spiro atoms. The van der Waals surface area contributed by atoms with Crippen LogP contribution in [-0.4, -0.2) is 78.1 Å². The van der Waals surface area contributed by atoms with Crippen LogP contribution in [0.1, 0.15) is 53.0 Å². The third-order valence-corrected chi connectivity index (χ3v) is 7.25. The molecule has 1 saturated carbocycles. The molecule has 1 fully saturated rings. The molecule has 1 unspecified atom stereocenters. The molecule has 15 heteroatoms. The van der Waals surface area contributed by atoms with Gasteiger partial charge in [-0.25, -0.2) is 9.79 Å². The molecule has 0 radical (unpaired) electrons. The summed E-state index contributed by atoms with van der Waals surface area (Å²) in [6.45, 7) is 0.0986. The molecule has 4 rings (SSSR count). The number of aromatic carboxylic acids is 1. The summed E-state index contributed by atoms with van der Waals surface area (Å²) in [5.41, 5.74) is -0.798. The van der Waals surface area contributed by atoms with E-state index >= 15 is 0 Å².